The lowest BCUT2D eigenvalue weighted by atomic mass is 10.2. The molecular formula is C13H16ClN3O. The van der Waals surface area contributed by atoms with Crippen molar-refractivity contribution in [1.82, 2.24) is 15.1 Å². The molecule has 1 aromatic carbocycles. The highest BCUT2D eigenvalue weighted by Crippen LogP contribution is 2.12. The van der Waals surface area contributed by atoms with Crippen LogP contribution < -0.4 is 10.1 Å². The van der Waals surface area contributed by atoms with Gasteiger partial charge in [0.25, 0.3) is 0 Å². The number of ether oxygens (including phenoxy) is 1. The van der Waals surface area contributed by atoms with Gasteiger partial charge in [0.15, 0.2) is 0 Å². The molecule has 4 nitrogen and oxygen atoms in total. The third kappa shape index (κ3) is 3.75. The summed E-state index contributed by atoms with van der Waals surface area (Å²) in [5.41, 5.74) is 1.24. The van der Waals surface area contributed by atoms with Crippen molar-refractivity contribution in [2.75, 3.05) is 13.7 Å². The van der Waals surface area contributed by atoms with Crippen LogP contribution in [0.5, 0.6) is 5.75 Å². The van der Waals surface area contributed by atoms with E-state index in [0.717, 1.165) is 12.3 Å². The molecule has 18 heavy (non-hydrogen) atoms. The summed E-state index contributed by atoms with van der Waals surface area (Å²) in [7, 11) is 1.93. The molecule has 0 saturated heterocycles. The van der Waals surface area contributed by atoms with Crippen LogP contribution in [0.15, 0.2) is 36.7 Å². The van der Waals surface area contributed by atoms with Crippen molar-refractivity contribution >= 4 is 11.6 Å². The molecular weight excluding hydrogens is 250 g/mol. The average Bonchev–Trinajstić information content (AvgIpc) is 2.78. The molecule has 0 aliphatic rings. The van der Waals surface area contributed by atoms with E-state index in [-0.39, 0.29) is 0 Å². The van der Waals surface area contributed by atoms with Crippen LogP contribution in [-0.4, -0.2) is 23.4 Å². The smallest absolute Gasteiger partial charge is 0.119 e. The Hall–Kier alpha value is -1.52. The van der Waals surface area contributed by atoms with Gasteiger partial charge in [-0.1, -0.05) is 23.7 Å². The van der Waals surface area contributed by atoms with E-state index < -0.39 is 0 Å². The standard InChI is InChI=1S/C13H16ClN3O/c1-15-8-11-2-4-13(5-3-11)18-7-6-17-10-12(14)9-16-17/h2-5,9-10,15H,6-8H2,1H3. The summed E-state index contributed by atoms with van der Waals surface area (Å²) in [4.78, 5) is 0. The van der Waals surface area contributed by atoms with Crippen LogP contribution >= 0.6 is 11.6 Å². The molecule has 0 aliphatic carbocycles. The molecule has 0 aliphatic heterocycles. The highest BCUT2D eigenvalue weighted by atomic mass is 35.5. The number of halogens is 1. The van der Waals surface area contributed by atoms with Gasteiger partial charge in [-0.3, -0.25) is 4.68 Å². The first-order valence-corrected chi connectivity index (χ1v) is 6.20. The molecule has 0 atom stereocenters. The monoisotopic (exact) mass is 265 g/mol. The van der Waals surface area contributed by atoms with Gasteiger partial charge >= 0.3 is 0 Å². The normalized spacial score (nSPS) is 10.6. The number of nitrogens with one attached hydrogen (secondary N) is 1. The second-order valence-electron chi connectivity index (χ2n) is 3.94. The van der Waals surface area contributed by atoms with Gasteiger partial charge in [-0.2, -0.15) is 5.10 Å². The maximum absolute atomic E-state index is 5.77. The topological polar surface area (TPSA) is 39.1 Å². The predicted molar refractivity (Wildman–Crippen MR) is 71.9 cm³/mol. The summed E-state index contributed by atoms with van der Waals surface area (Å²) in [5.74, 6) is 0.869. The Labute approximate surface area is 112 Å². The Morgan fingerprint density at radius 1 is 1.33 bits per heavy atom. The van der Waals surface area contributed by atoms with Gasteiger partial charge in [0, 0.05) is 12.7 Å². The van der Waals surface area contributed by atoms with Crippen LogP contribution in [-0.2, 0) is 13.1 Å². The Kier molecular flexibility index (Phi) is 4.61. The maximum Gasteiger partial charge on any atom is 0.119 e. The molecule has 2 aromatic rings. The van der Waals surface area contributed by atoms with E-state index in [4.69, 9.17) is 16.3 Å². The SMILES string of the molecule is CNCc1ccc(OCCn2cc(Cl)cn2)cc1. The molecule has 1 N–H and O–H groups in total. The number of hydrogen-bond acceptors (Lipinski definition) is 3. The van der Waals surface area contributed by atoms with Gasteiger partial charge in [-0.05, 0) is 24.7 Å². The van der Waals surface area contributed by atoms with Gasteiger partial charge in [0.05, 0.1) is 17.8 Å². The fraction of sp³-hybridized carbons (Fsp3) is 0.308. The largest absolute Gasteiger partial charge is 0.492 e. The number of nitrogens with zero attached hydrogens (tertiary/aromatic N) is 2. The van der Waals surface area contributed by atoms with Gasteiger partial charge in [0.2, 0.25) is 0 Å². The van der Waals surface area contributed by atoms with Crippen LogP contribution in [0.4, 0.5) is 0 Å². The predicted octanol–water partition coefficient (Wildman–Crippen LogP) is 2.33. The molecule has 0 fully saturated rings. The van der Waals surface area contributed by atoms with Crippen LogP contribution in [0.2, 0.25) is 5.02 Å². The number of benzene rings is 1. The number of rotatable bonds is 6. The van der Waals surface area contributed by atoms with E-state index in [1.165, 1.54) is 5.56 Å². The lowest BCUT2D eigenvalue weighted by Crippen LogP contribution is -2.08. The van der Waals surface area contributed by atoms with Crippen LogP contribution in [0.3, 0.4) is 0 Å². The zero-order valence-corrected chi connectivity index (χ0v) is 11.0. The van der Waals surface area contributed by atoms with E-state index in [0.29, 0.717) is 18.2 Å². The fourth-order valence-corrected chi connectivity index (χ4v) is 1.78. The lowest BCUT2D eigenvalue weighted by molar-refractivity contribution is 0.291. The summed E-state index contributed by atoms with van der Waals surface area (Å²) < 4.78 is 7.39. The second kappa shape index (κ2) is 6.42. The molecule has 2 rings (SSSR count). The van der Waals surface area contributed by atoms with E-state index in [2.05, 4.69) is 22.5 Å². The average molecular weight is 266 g/mol. The van der Waals surface area contributed by atoms with Crippen molar-refractivity contribution in [3.63, 3.8) is 0 Å². The Balaban J connectivity index is 1.79. The minimum Gasteiger partial charge on any atom is -0.492 e. The molecule has 0 amide bonds. The highest BCUT2D eigenvalue weighted by molar-refractivity contribution is 6.30. The first-order chi connectivity index (χ1) is 8.78. The van der Waals surface area contributed by atoms with E-state index in [1.54, 1.807) is 17.1 Å². The molecule has 0 saturated carbocycles. The zero-order chi connectivity index (χ0) is 12.8. The third-order valence-corrected chi connectivity index (χ3v) is 2.69. The van der Waals surface area contributed by atoms with E-state index in [1.807, 2.05) is 19.2 Å². The molecule has 0 radical (unpaired) electrons. The van der Waals surface area contributed by atoms with E-state index >= 15 is 0 Å². The summed E-state index contributed by atoms with van der Waals surface area (Å²) in [6.45, 7) is 2.13. The van der Waals surface area contributed by atoms with Crippen molar-refractivity contribution in [3.05, 3.63) is 47.2 Å². The van der Waals surface area contributed by atoms with Crippen molar-refractivity contribution in [2.45, 2.75) is 13.1 Å². The van der Waals surface area contributed by atoms with Gasteiger partial charge in [-0.25, -0.2) is 0 Å². The fourth-order valence-electron chi connectivity index (χ4n) is 1.63. The summed E-state index contributed by atoms with van der Waals surface area (Å²) in [5, 5.41) is 7.83. The Morgan fingerprint density at radius 2 is 2.11 bits per heavy atom. The molecule has 5 heteroatoms. The van der Waals surface area contributed by atoms with Gasteiger partial charge in [-0.15, -0.1) is 0 Å². The highest BCUT2D eigenvalue weighted by Gasteiger charge is 1.97. The van der Waals surface area contributed by atoms with Gasteiger partial charge < -0.3 is 10.1 Å². The second-order valence-corrected chi connectivity index (χ2v) is 4.38. The summed E-state index contributed by atoms with van der Waals surface area (Å²) >= 11 is 5.77. The van der Waals surface area contributed by atoms with E-state index in [9.17, 15) is 0 Å². The lowest BCUT2D eigenvalue weighted by Gasteiger charge is -2.07. The molecule has 1 heterocycles. The van der Waals surface area contributed by atoms with Gasteiger partial charge in [0.1, 0.15) is 12.4 Å². The number of hydrogen-bond donors (Lipinski definition) is 1. The number of aromatic nitrogens is 2. The van der Waals surface area contributed by atoms with Crippen molar-refractivity contribution in [1.29, 1.82) is 0 Å². The molecule has 1 aromatic heterocycles. The first kappa shape index (κ1) is 12.9. The van der Waals surface area contributed by atoms with Crippen LogP contribution in [0.1, 0.15) is 5.56 Å². The quantitative estimate of drug-likeness (QED) is 0.871. The maximum atomic E-state index is 5.77. The van der Waals surface area contributed by atoms with Crippen molar-refractivity contribution < 1.29 is 4.74 Å². The molecule has 96 valence electrons. The van der Waals surface area contributed by atoms with Crippen molar-refractivity contribution in [2.24, 2.45) is 0 Å². The van der Waals surface area contributed by atoms with Crippen LogP contribution in [0, 0.1) is 0 Å². The zero-order valence-electron chi connectivity index (χ0n) is 10.3. The third-order valence-electron chi connectivity index (χ3n) is 2.50. The van der Waals surface area contributed by atoms with Crippen LogP contribution in [0.25, 0.3) is 0 Å². The summed E-state index contributed by atoms with van der Waals surface area (Å²) in [6.07, 6.45) is 3.40. The Bertz CT molecular complexity index is 481. The van der Waals surface area contributed by atoms with Crippen molar-refractivity contribution in [3.8, 4) is 5.75 Å². The molecule has 0 bridgehead atoms. The first-order valence-electron chi connectivity index (χ1n) is 5.82. The molecule has 0 spiro atoms. The summed E-state index contributed by atoms with van der Waals surface area (Å²) in [6, 6.07) is 8.05. The minimum absolute atomic E-state index is 0.573. The Morgan fingerprint density at radius 3 is 2.72 bits per heavy atom. The minimum atomic E-state index is 0.573. The molecule has 0 unspecified atom stereocenters.